The number of rotatable bonds is 4. The quantitative estimate of drug-likeness (QED) is 0.590. The average Bonchev–Trinajstić information content (AvgIpc) is 2.61. The second kappa shape index (κ2) is 7.17. The minimum atomic E-state index is -1.50. The number of pyridine rings is 1. The predicted octanol–water partition coefficient (Wildman–Crippen LogP) is 1.61. The number of fused-ring (bicyclic) bond motifs is 3. The smallest absolute Gasteiger partial charge is 0.326 e. The number of ether oxygens (including phenoxy) is 3. The first-order valence-corrected chi connectivity index (χ1v) is 8.75. The summed E-state index contributed by atoms with van der Waals surface area (Å²) < 4.78 is 16.1. The van der Waals surface area contributed by atoms with Crippen molar-refractivity contribution >= 4 is 29.2 Å². The molecule has 25 heavy (non-hydrogen) atoms. The van der Waals surface area contributed by atoms with Gasteiger partial charge in [-0.25, -0.2) is 0 Å². The second-order valence-electron chi connectivity index (χ2n) is 5.99. The van der Waals surface area contributed by atoms with E-state index >= 15 is 0 Å². The van der Waals surface area contributed by atoms with E-state index in [9.17, 15) is 9.59 Å². The third-order valence-electron chi connectivity index (χ3n) is 4.65. The molecule has 1 aromatic heterocycles. The lowest BCUT2D eigenvalue weighted by Gasteiger charge is -2.49. The molecule has 0 radical (unpaired) electrons. The van der Waals surface area contributed by atoms with Crippen molar-refractivity contribution < 1.29 is 23.8 Å². The Kier molecular flexibility index (Phi) is 5.15. The van der Waals surface area contributed by atoms with Gasteiger partial charge in [-0.2, -0.15) is 0 Å². The Morgan fingerprint density at radius 3 is 2.68 bits per heavy atom. The third-order valence-corrected chi connectivity index (χ3v) is 4.85. The van der Waals surface area contributed by atoms with Gasteiger partial charge in [-0.05, 0) is 19.9 Å². The van der Waals surface area contributed by atoms with Crippen molar-refractivity contribution in [3.8, 4) is 0 Å². The Morgan fingerprint density at radius 2 is 2.04 bits per heavy atom. The lowest BCUT2D eigenvalue weighted by Crippen LogP contribution is -2.65. The molecule has 1 unspecified atom stereocenters. The van der Waals surface area contributed by atoms with Crippen molar-refractivity contribution in [1.82, 2.24) is 4.98 Å². The normalized spacial score (nSPS) is 21.1. The minimum Gasteiger partial charge on any atom is -0.465 e. The molecule has 0 spiro atoms. The fraction of sp³-hybridized carbons (Fsp3) is 0.588. The molecule has 1 atom stereocenters. The summed E-state index contributed by atoms with van der Waals surface area (Å²) >= 11 is 6.10. The van der Waals surface area contributed by atoms with Gasteiger partial charge in [0, 0.05) is 19.2 Å². The van der Waals surface area contributed by atoms with Crippen LogP contribution in [0.3, 0.4) is 0 Å². The molecular weight excluding hydrogens is 348 g/mol. The van der Waals surface area contributed by atoms with E-state index in [1.165, 1.54) is 6.20 Å². The van der Waals surface area contributed by atoms with Gasteiger partial charge in [0.1, 0.15) is 0 Å². The van der Waals surface area contributed by atoms with Gasteiger partial charge in [0.15, 0.2) is 5.41 Å². The van der Waals surface area contributed by atoms with Crippen LogP contribution in [0, 0.1) is 5.41 Å². The summed E-state index contributed by atoms with van der Waals surface area (Å²) in [6.07, 6.45) is 1.62. The molecule has 0 saturated carbocycles. The van der Waals surface area contributed by atoms with E-state index in [-0.39, 0.29) is 26.2 Å². The summed E-state index contributed by atoms with van der Waals surface area (Å²) in [6, 6.07) is 1.29. The molecule has 8 heteroatoms. The number of hydrogen-bond acceptors (Lipinski definition) is 7. The molecule has 3 heterocycles. The number of carbonyl (C=O) groups excluding carboxylic acids is 2. The van der Waals surface area contributed by atoms with Crippen molar-refractivity contribution in [3.63, 3.8) is 0 Å². The molecule has 3 rings (SSSR count). The second-order valence-corrected chi connectivity index (χ2v) is 6.43. The molecule has 136 valence electrons. The van der Waals surface area contributed by atoms with Crippen molar-refractivity contribution in [2.45, 2.75) is 26.3 Å². The van der Waals surface area contributed by atoms with Crippen LogP contribution in [0.25, 0.3) is 0 Å². The van der Waals surface area contributed by atoms with Gasteiger partial charge < -0.3 is 19.1 Å². The summed E-state index contributed by atoms with van der Waals surface area (Å²) in [7, 11) is 0. The van der Waals surface area contributed by atoms with Crippen LogP contribution < -0.4 is 4.90 Å². The lowest BCUT2D eigenvalue weighted by atomic mass is 9.72. The predicted molar refractivity (Wildman–Crippen MR) is 90.6 cm³/mol. The van der Waals surface area contributed by atoms with Crippen LogP contribution in [-0.2, 0) is 30.2 Å². The molecule has 0 aliphatic carbocycles. The monoisotopic (exact) mass is 368 g/mol. The zero-order valence-electron chi connectivity index (χ0n) is 14.3. The largest absolute Gasteiger partial charge is 0.465 e. The lowest BCUT2D eigenvalue weighted by molar-refractivity contribution is -0.176. The Labute approximate surface area is 151 Å². The van der Waals surface area contributed by atoms with Crippen molar-refractivity contribution in [2.75, 3.05) is 37.9 Å². The molecular formula is C17H21ClN2O5. The Hall–Kier alpha value is -1.86. The van der Waals surface area contributed by atoms with E-state index in [1.54, 1.807) is 13.8 Å². The van der Waals surface area contributed by atoms with Crippen LogP contribution in [0.1, 0.15) is 19.5 Å². The van der Waals surface area contributed by atoms with Crippen molar-refractivity contribution in [3.05, 3.63) is 23.0 Å². The first-order chi connectivity index (χ1) is 12.0. The number of hydrogen-bond donors (Lipinski definition) is 0. The molecule has 0 amide bonds. The number of carbonyl (C=O) groups is 2. The topological polar surface area (TPSA) is 78.0 Å². The molecule has 1 aromatic rings. The Morgan fingerprint density at radius 1 is 1.36 bits per heavy atom. The molecule has 1 fully saturated rings. The number of nitrogens with zero attached hydrogens (tertiary/aromatic N) is 2. The van der Waals surface area contributed by atoms with Gasteiger partial charge in [-0.3, -0.25) is 14.6 Å². The van der Waals surface area contributed by atoms with Crippen LogP contribution in [0.15, 0.2) is 12.3 Å². The maximum absolute atomic E-state index is 12.9. The van der Waals surface area contributed by atoms with Gasteiger partial charge in [-0.1, -0.05) is 11.6 Å². The summed E-state index contributed by atoms with van der Waals surface area (Å²) in [4.78, 5) is 32.1. The standard InChI is InChI=1S/C17H21ClN2O5/c1-3-24-15(21)17(16(22)25-4-2)8-12-13(7-11(18)9-19-12)20-5-6-23-10-14(17)20/h7,9,14H,3-6,8,10H2,1-2H3. The molecule has 2 aliphatic rings. The maximum Gasteiger partial charge on any atom is 0.326 e. The summed E-state index contributed by atoms with van der Waals surface area (Å²) in [5.74, 6) is -1.20. The van der Waals surface area contributed by atoms with Crippen molar-refractivity contribution in [1.29, 1.82) is 0 Å². The highest BCUT2D eigenvalue weighted by molar-refractivity contribution is 6.30. The summed E-state index contributed by atoms with van der Waals surface area (Å²) in [6.45, 7) is 5.01. The Balaban J connectivity index is 2.14. The van der Waals surface area contributed by atoms with E-state index in [1.807, 2.05) is 11.0 Å². The van der Waals surface area contributed by atoms with Crippen LogP contribution >= 0.6 is 11.6 Å². The van der Waals surface area contributed by atoms with E-state index in [0.29, 0.717) is 23.9 Å². The highest BCUT2D eigenvalue weighted by Gasteiger charge is 2.60. The first kappa shape index (κ1) is 17.9. The van der Waals surface area contributed by atoms with Gasteiger partial charge in [0.05, 0.1) is 48.9 Å². The third kappa shape index (κ3) is 2.95. The zero-order chi connectivity index (χ0) is 18.0. The average molecular weight is 369 g/mol. The number of morpholine rings is 1. The number of anilines is 1. The van der Waals surface area contributed by atoms with Crippen LogP contribution in [0.2, 0.25) is 5.02 Å². The highest BCUT2D eigenvalue weighted by atomic mass is 35.5. The molecule has 0 bridgehead atoms. The summed E-state index contributed by atoms with van der Waals surface area (Å²) in [5, 5.41) is 0.503. The molecule has 7 nitrogen and oxygen atoms in total. The number of esters is 2. The summed E-state index contributed by atoms with van der Waals surface area (Å²) in [5.41, 5.74) is -0.0473. The van der Waals surface area contributed by atoms with Gasteiger partial charge in [0.2, 0.25) is 0 Å². The van der Waals surface area contributed by atoms with E-state index in [2.05, 4.69) is 4.98 Å². The fourth-order valence-corrected chi connectivity index (χ4v) is 3.70. The minimum absolute atomic E-state index is 0.0989. The first-order valence-electron chi connectivity index (χ1n) is 8.37. The van der Waals surface area contributed by atoms with E-state index in [4.69, 9.17) is 25.8 Å². The van der Waals surface area contributed by atoms with E-state index in [0.717, 1.165) is 5.69 Å². The van der Waals surface area contributed by atoms with Crippen LogP contribution in [-0.4, -0.2) is 55.9 Å². The molecule has 0 N–H and O–H groups in total. The number of aromatic nitrogens is 1. The molecule has 2 aliphatic heterocycles. The number of halogens is 1. The Bertz CT molecular complexity index is 663. The van der Waals surface area contributed by atoms with E-state index < -0.39 is 23.4 Å². The van der Waals surface area contributed by atoms with Gasteiger partial charge in [-0.15, -0.1) is 0 Å². The highest BCUT2D eigenvalue weighted by Crippen LogP contribution is 2.44. The molecule has 0 aromatic carbocycles. The van der Waals surface area contributed by atoms with Gasteiger partial charge >= 0.3 is 11.9 Å². The maximum atomic E-state index is 12.9. The molecule has 1 saturated heterocycles. The zero-order valence-corrected chi connectivity index (χ0v) is 15.0. The van der Waals surface area contributed by atoms with Gasteiger partial charge in [0.25, 0.3) is 0 Å². The van der Waals surface area contributed by atoms with Crippen LogP contribution in [0.4, 0.5) is 5.69 Å². The van der Waals surface area contributed by atoms with Crippen LogP contribution in [0.5, 0.6) is 0 Å². The fourth-order valence-electron chi connectivity index (χ4n) is 3.54. The van der Waals surface area contributed by atoms with Crippen molar-refractivity contribution in [2.24, 2.45) is 5.41 Å². The SMILES string of the molecule is CCOC(=O)C1(C(=O)OCC)Cc2ncc(Cl)cc2N2CCOCC21.